The van der Waals surface area contributed by atoms with Crippen molar-refractivity contribution in [1.29, 1.82) is 0 Å². The number of carbonyl (C=O) groups is 3. The molecule has 0 N–H and O–H groups in total. The Labute approximate surface area is 184 Å². The third-order valence-corrected chi connectivity index (χ3v) is 4.59. The number of hydrogen-bond acceptors (Lipinski definition) is 4. The average Bonchev–Trinajstić information content (AvgIpc) is 2.70. The first-order valence-corrected chi connectivity index (χ1v) is 10.4. The fraction of sp³-hybridized carbons (Fsp3) is 0.400. The van der Waals surface area contributed by atoms with E-state index in [0.717, 1.165) is 11.1 Å². The first-order valence-electron chi connectivity index (χ1n) is 10.4. The maximum absolute atomic E-state index is 13.5. The molecule has 6 heteroatoms. The van der Waals surface area contributed by atoms with Gasteiger partial charge in [-0.2, -0.15) is 0 Å². The van der Waals surface area contributed by atoms with E-state index in [2.05, 4.69) is 0 Å². The molecule has 2 aromatic carbocycles. The van der Waals surface area contributed by atoms with E-state index in [4.69, 9.17) is 4.74 Å². The van der Waals surface area contributed by atoms with E-state index in [1.807, 2.05) is 60.7 Å². The highest BCUT2D eigenvalue weighted by atomic mass is 16.6. The average molecular weight is 425 g/mol. The summed E-state index contributed by atoms with van der Waals surface area (Å²) in [6.45, 7) is 6.87. The molecule has 2 amide bonds. The minimum absolute atomic E-state index is 0.197. The summed E-state index contributed by atoms with van der Waals surface area (Å²) in [6.07, 6.45) is -0.393. The highest BCUT2D eigenvalue weighted by Gasteiger charge is 2.35. The third-order valence-electron chi connectivity index (χ3n) is 4.59. The number of rotatable bonds is 8. The SMILES string of the molecule is CC(=O)CN(C(=O)OC(C)(C)C)[C@@H](Cc1ccccc1)C(=O)N(C)Cc1ccccc1. The molecule has 0 heterocycles. The van der Waals surface area contributed by atoms with Crippen molar-refractivity contribution in [2.75, 3.05) is 13.6 Å². The number of ether oxygens (including phenoxy) is 1. The van der Waals surface area contributed by atoms with Crippen molar-refractivity contribution in [2.24, 2.45) is 0 Å². The van der Waals surface area contributed by atoms with Crippen LogP contribution in [0.1, 0.15) is 38.8 Å². The highest BCUT2D eigenvalue weighted by Crippen LogP contribution is 2.18. The van der Waals surface area contributed by atoms with Gasteiger partial charge in [0, 0.05) is 20.0 Å². The number of benzene rings is 2. The summed E-state index contributed by atoms with van der Waals surface area (Å²) in [4.78, 5) is 41.3. The zero-order chi connectivity index (χ0) is 23.0. The molecule has 2 rings (SSSR count). The maximum atomic E-state index is 13.5. The van der Waals surface area contributed by atoms with Gasteiger partial charge in [0.2, 0.25) is 5.91 Å². The van der Waals surface area contributed by atoms with Gasteiger partial charge in [0.25, 0.3) is 0 Å². The molecule has 1 atom stereocenters. The third kappa shape index (κ3) is 7.89. The first-order chi connectivity index (χ1) is 14.6. The van der Waals surface area contributed by atoms with E-state index in [1.165, 1.54) is 11.8 Å². The van der Waals surface area contributed by atoms with Crippen molar-refractivity contribution in [1.82, 2.24) is 9.80 Å². The second-order valence-electron chi connectivity index (χ2n) is 8.70. The number of nitrogens with zero attached hydrogens (tertiary/aromatic N) is 2. The molecule has 0 saturated heterocycles. The lowest BCUT2D eigenvalue weighted by Crippen LogP contribution is -2.53. The Balaban J connectivity index is 2.36. The molecule has 0 spiro atoms. The summed E-state index contributed by atoms with van der Waals surface area (Å²) in [6, 6.07) is 18.2. The second-order valence-corrected chi connectivity index (χ2v) is 8.70. The molecule has 31 heavy (non-hydrogen) atoms. The van der Waals surface area contributed by atoms with Gasteiger partial charge in [0.15, 0.2) is 0 Å². The lowest BCUT2D eigenvalue weighted by Gasteiger charge is -2.34. The monoisotopic (exact) mass is 424 g/mol. The van der Waals surface area contributed by atoms with Gasteiger partial charge in [-0.3, -0.25) is 14.5 Å². The van der Waals surface area contributed by atoms with Crippen LogP contribution in [0.3, 0.4) is 0 Å². The summed E-state index contributed by atoms with van der Waals surface area (Å²) in [5.41, 5.74) is 1.13. The van der Waals surface area contributed by atoms with Gasteiger partial charge < -0.3 is 9.64 Å². The van der Waals surface area contributed by atoms with Gasteiger partial charge >= 0.3 is 6.09 Å². The van der Waals surface area contributed by atoms with Gasteiger partial charge in [-0.05, 0) is 38.8 Å². The fourth-order valence-corrected chi connectivity index (χ4v) is 3.22. The van der Waals surface area contributed by atoms with Crippen LogP contribution in [0.2, 0.25) is 0 Å². The van der Waals surface area contributed by atoms with Gasteiger partial charge in [-0.25, -0.2) is 4.79 Å². The van der Waals surface area contributed by atoms with Crippen LogP contribution in [0.15, 0.2) is 60.7 Å². The Morgan fingerprint density at radius 3 is 1.90 bits per heavy atom. The predicted octanol–water partition coefficient (Wildman–Crippen LogP) is 4.08. The molecular weight excluding hydrogens is 392 g/mol. The van der Waals surface area contributed by atoms with Crippen LogP contribution in [0.5, 0.6) is 0 Å². The van der Waals surface area contributed by atoms with Crippen LogP contribution in [-0.2, 0) is 27.3 Å². The van der Waals surface area contributed by atoms with Crippen LogP contribution >= 0.6 is 0 Å². The van der Waals surface area contributed by atoms with Crippen LogP contribution in [0.4, 0.5) is 4.79 Å². The lowest BCUT2D eigenvalue weighted by atomic mass is 10.0. The predicted molar refractivity (Wildman–Crippen MR) is 120 cm³/mol. The van der Waals surface area contributed by atoms with Crippen LogP contribution < -0.4 is 0 Å². The van der Waals surface area contributed by atoms with E-state index in [9.17, 15) is 14.4 Å². The Bertz CT molecular complexity index is 875. The summed E-state index contributed by atoms with van der Waals surface area (Å²) in [7, 11) is 1.70. The van der Waals surface area contributed by atoms with E-state index < -0.39 is 17.7 Å². The summed E-state index contributed by atoms with van der Waals surface area (Å²) >= 11 is 0. The number of hydrogen-bond donors (Lipinski definition) is 0. The zero-order valence-corrected chi connectivity index (χ0v) is 19.0. The molecule has 0 bridgehead atoms. The van der Waals surface area contributed by atoms with Crippen molar-refractivity contribution in [2.45, 2.75) is 52.3 Å². The van der Waals surface area contributed by atoms with Gasteiger partial charge in [0.1, 0.15) is 17.4 Å². The molecule has 0 aliphatic carbocycles. The van der Waals surface area contributed by atoms with Crippen molar-refractivity contribution in [3.63, 3.8) is 0 Å². The molecular formula is C25H32N2O4. The van der Waals surface area contributed by atoms with Crippen molar-refractivity contribution >= 4 is 17.8 Å². The summed E-state index contributed by atoms with van der Waals surface area (Å²) in [5.74, 6) is -0.470. The van der Waals surface area contributed by atoms with E-state index in [0.29, 0.717) is 6.54 Å². The quantitative estimate of drug-likeness (QED) is 0.640. The fourth-order valence-electron chi connectivity index (χ4n) is 3.22. The van der Waals surface area contributed by atoms with E-state index in [-0.39, 0.29) is 24.7 Å². The summed E-state index contributed by atoms with van der Waals surface area (Å²) in [5, 5.41) is 0. The largest absolute Gasteiger partial charge is 0.444 e. The van der Waals surface area contributed by atoms with Crippen molar-refractivity contribution in [3.8, 4) is 0 Å². The van der Waals surface area contributed by atoms with E-state index in [1.54, 1.807) is 32.7 Å². The Morgan fingerprint density at radius 2 is 1.42 bits per heavy atom. The summed E-state index contributed by atoms with van der Waals surface area (Å²) < 4.78 is 5.53. The van der Waals surface area contributed by atoms with E-state index >= 15 is 0 Å². The molecule has 0 saturated carbocycles. The van der Waals surface area contributed by atoms with Crippen molar-refractivity contribution in [3.05, 3.63) is 71.8 Å². The minimum atomic E-state index is -0.866. The molecule has 0 fully saturated rings. The van der Waals surface area contributed by atoms with Gasteiger partial charge in [0.05, 0.1) is 6.54 Å². The first kappa shape index (κ1) is 24.1. The molecule has 0 aliphatic rings. The smallest absolute Gasteiger partial charge is 0.411 e. The number of carbonyl (C=O) groups excluding carboxylic acids is 3. The normalized spacial score (nSPS) is 12.0. The van der Waals surface area contributed by atoms with Crippen LogP contribution in [0.25, 0.3) is 0 Å². The minimum Gasteiger partial charge on any atom is -0.444 e. The number of Topliss-reactive ketones (excluding diaryl/α,β-unsaturated/α-hetero) is 1. The molecule has 0 aliphatic heterocycles. The Hall–Kier alpha value is -3.15. The molecule has 6 nitrogen and oxygen atoms in total. The van der Waals surface area contributed by atoms with Gasteiger partial charge in [-0.15, -0.1) is 0 Å². The standard InChI is InChI=1S/C25H32N2O4/c1-19(28)17-27(24(30)31-25(2,3)4)22(16-20-12-8-6-9-13-20)23(29)26(5)18-21-14-10-7-11-15-21/h6-15,22H,16-18H2,1-5H3/t22-/m0/s1. The molecule has 166 valence electrons. The Kier molecular flexibility index (Phi) is 8.37. The second kappa shape index (κ2) is 10.8. The number of ketones is 1. The Morgan fingerprint density at radius 1 is 0.903 bits per heavy atom. The topological polar surface area (TPSA) is 66.9 Å². The highest BCUT2D eigenvalue weighted by molar-refractivity contribution is 5.89. The molecule has 2 aromatic rings. The number of amides is 2. The van der Waals surface area contributed by atoms with Crippen molar-refractivity contribution < 1.29 is 19.1 Å². The maximum Gasteiger partial charge on any atom is 0.411 e. The van der Waals surface area contributed by atoms with Crippen LogP contribution in [-0.4, -0.2) is 52.8 Å². The number of likely N-dealkylation sites (N-methyl/N-ethyl adjacent to an activating group) is 1. The lowest BCUT2D eigenvalue weighted by molar-refractivity contribution is -0.136. The molecule has 0 aromatic heterocycles. The van der Waals surface area contributed by atoms with Crippen LogP contribution in [0, 0.1) is 0 Å². The zero-order valence-electron chi connectivity index (χ0n) is 19.0. The molecule has 0 radical (unpaired) electrons. The van der Waals surface area contributed by atoms with Gasteiger partial charge in [-0.1, -0.05) is 60.7 Å². The molecule has 0 unspecified atom stereocenters.